The molecule has 2 amide bonds. The monoisotopic (exact) mass is 380 g/mol. The molecular weight excluding hydrogens is 366 g/mol. The van der Waals surface area contributed by atoms with Gasteiger partial charge in [-0.3, -0.25) is 4.98 Å². The van der Waals surface area contributed by atoms with Crippen molar-refractivity contribution >= 4 is 18.3 Å². The number of rotatable bonds is 2. The third-order valence-corrected chi connectivity index (χ3v) is 4.55. The predicted octanol–water partition coefficient (Wildman–Crippen LogP) is 2.88. The number of nitriles is 1. The number of halogens is 2. The summed E-state index contributed by atoms with van der Waals surface area (Å²) >= 11 is 0. The molecule has 0 saturated carbocycles. The van der Waals surface area contributed by atoms with Crippen molar-refractivity contribution < 1.29 is 13.6 Å². The van der Waals surface area contributed by atoms with Gasteiger partial charge in [0.25, 0.3) is 0 Å². The van der Waals surface area contributed by atoms with E-state index in [0.717, 1.165) is 11.8 Å². The molecule has 2 aliphatic heterocycles. The molecule has 0 bridgehead atoms. The van der Waals surface area contributed by atoms with Gasteiger partial charge in [0.15, 0.2) is 0 Å². The Hall–Kier alpha value is -3.67. The lowest BCUT2D eigenvalue weighted by molar-refractivity contribution is 0.136. The Labute approximate surface area is 159 Å². The number of nitrogens with zero attached hydrogens (tertiary/aromatic N) is 6. The van der Waals surface area contributed by atoms with Crippen LogP contribution < -0.4 is 0 Å². The quantitative estimate of drug-likeness (QED) is 0.750. The molecule has 7 nitrogen and oxygen atoms in total. The smallest absolute Gasteiger partial charge is 0.315 e. The van der Waals surface area contributed by atoms with E-state index < -0.39 is 17.8 Å². The van der Waals surface area contributed by atoms with Gasteiger partial charge in [-0.1, -0.05) is 0 Å². The van der Waals surface area contributed by atoms with Crippen LogP contribution in [0.2, 0.25) is 0 Å². The van der Waals surface area contributed by atoms with Crippen LogP contribution in [-0.2, 0) is 0 Å². The summed E-state index contributed by atoms with van der Waals surface area (Å²) in [5, 5.41) is 14.2. The number of urea groups is 1. The summed E-state index contributed by atoms with van der Waals surface area (Å²) in [5.74, 6) is -1.19. The van der Waals surface area contributed by atoms with Gasteiger partial charge in [0.05, 0.1) is 12.2 Å². The van der Waals surface area contributed by atoms with Crippen molar-refractivity contribution in [1.29, 1.82) is 5.26 Å². The summed E-state index contributed by atoms with van der Waals surface area (Å²) in [7, 11) is 0. The van der Waals surface area contributed by atoms with Gasteiger partial charge in [-0.15, -0.1) is 0 Å². The molecule has 1 saturated heterocycles. The van der Waals surface area contributed by atoms with Gasteiger partial charge >= 0.3 is 6.03 Å². The van der Waals surface area contributed by atoms with Gasteiger partial charge in [-0.2, -0.15) is 14.8 Å². The molecule has 2 aliphatic rings. The largest absolute Gasteiger partial charge is 0.341 e. The van der Waals surface area contributed by atoms with Crippen molar-refractivity contribution in [2.24, 2.45) is 5.10 Å². The zero-order valence-corrected chi connectivity index (χ0v) is 14.6. The Balaban J connectivity index is 1.43. The second-order valence-corrected chi connectivity index (χ2v) is 6.46. The van der Waals surface area contributed by atoms with Gasteiger partial charge in [-0.05, 0) is 35.4 Å². The molecule has 4 rings (SSSR count). The average molecular weight is 380 g/mol. The fraction of sp³-hybridized carbons (Fsp3) is 0.211. The first-order valence-corrected chi connectivity index (χ1v) is 8.52. The highest BCUT2D eigenvalue weighted by Gasteiger charge is 2.35. The van der Waals surface area contributed by atoms with Crippen LogP contribution in [0.5, 0.6) is 0 Å². The molecule has 1 unspecified atom stereocenters. The van der Waals surface area contributed by atoms with Crippen LogP contribution >= 0.6 is 0 Å². The summed E-state index contributed by atoms with van der Waals surface area (Å²) in [4.78, 5) is 21.7. The van der Waals surface area contributed by atoms with Crippen molar-refractivity contribution in [2.45, 2.75) is 12.5 Å². The van der Waals surface area contributed by atoms with Crippen molar-refractivity contribution in [3.05, 3.63) is 64.8 Å². The van der Waals surface area contributed by atoms with Crippen LogP contribution in [0.3, 0.4) is 0 Å². The van der Waals surface area contributed by atoms with E-state index in [-0.39, 0.29) is 17.3 Å². The molecule has 0 N–H and O–H groups in total. The van der Waals surface area contributed by atoms with E-state index in [0.29, 0.717) is 25.1 Å². The summed E-state index contributed by atoms with van der Waals surface area (Å²) in [6.45, 7) is 0.664. The van der Waals surface area contributed by atoms with Crippen molar-refractivity contribution in [2.75, 3.05) is 13.1 Å². The Morgan fingerprint density at radius 1 is 1.29 bits per heavy atom. The Kier molecular flexibility index (Phi) is 4.53. The van der Waals surface area contributed by atoms with Crippen LogP contribution in [0.1, 0.15) is 29.3 Å². The normalized spacial score (nSPS) is 18.0. The molecule has 28 heavy (non-hydrogen) atoms. The number of likely N-dealkylation sites (tertiary alicyclic amines) is 1. The summed E-state index contributed by atoms with van der Waals surface area (Å²) in [6, 6.07) is 5.34. The van der Waals surface area contributed by atoms with Crippen LogP contribution in [0.25, 0.3) is 6.08 Å². The number of carbonyl (C=O) groups is 1. The number of hydrazone groups is 1. The molecule has 2 aromatic heterocycles. The molecule has 9 heteroatoms. The molecule has 1 fully saturated rings. The highest BCUT2D eigenvalue weighted by atomic mass is 19.1. The first-order chi connectivity index (χ1) is 13.5. The van der Waals surface area contributed by atoms with Gasteiger partial charge < -0.3 is 4.90 Å². The fourth-order valence-electron chi connectivity index (χ4n) is 3.14. The summed E-state index contributed by atoms with van der Waals surface area (Å²) in [5.41, 5.74) is 1.71. The van der Waals surface area contributed by atoms with Crippen molar-refractivity contribution in [3.8, 4) is 6.07 Å². The van der Waals surface area contributed by atoms with E-state index in [1.807, 2.05) is 0 Å². The number of aromatic nitrogens is 2. The van der Waals surface area contributed by atoms with Crippen LogP contribution in [-0.4, -0.2) is 45.2 Å². The molecule has 2 aromatic rings. The molecule has 4 heterocycles. The topological polar surface area (TPSA) is 85.5 Å². The maximum atomic E-state index is 13.9. The lowest BCUT2D eigenvalue weighted by Crippen LogP contribution is -2.49. The maximum absolute atomic E-state index is 13.9. The maximum Gasteiger partial charge on any atom is 0.341 e. The van der Waals surface area contributed by atoms with E-state index in [4.69, 9.17) is 5.26 Å². The summed E-state index contributed by atoms with van der Waals surface area (Å²) < 4.78 is 27.3. The van der Waals surface area contributed by atoms with Crippen molar-refractivity contribution in [3.63, 3.8) is 0 Å². The number of carbonyl (C=O) groups excluding carboxylic acids is 1. The highest BCUT2D eigenvalue weighted by molar-refractivity contribution is 5.80. The van der Waals surface area contributed by atoms with Crippen molar-refractivity contribution in [1.82, 2.24) is 19.9 Å². The molecule has 0 aromatic carbocycles. The number of hydrogen-bond acceptors (Lipinski definition) is 5. The second kappa shape index (κ2) is 7.15. The SMILES string of the molecule is N#Cc1ccc(C=C2CN(C(=O)N3N=CCC3c3cncc(F)c3)C2)c(F)n1. The zero-order valence-electron chi connectivity index (χ0n) is 14.6. The molecule has 0 spiro atoms. The zero-order chi connectivity index (χ0) is 19.7. The van der Waals surface area contributed by atoms with E-state index in [2.05, 4.69) is 15.1 Å². The molecule has 140 valence electrons. The summed E-state index contributed by atoms with van der Waals surface area (Å²) in [6.07, 6.45) is 6.34. The number of pyridine rings is 2. The number of amides is 2. The first-order valence-electron chi connectivity index (χ1n) is 8.52. The van der Waals surface area contributed by atoms with E-state index >= 15 is 0 Å². The third-order valence-electron chi connectivity index (χ3n) is 4.55. The van der Waals surface area contributed by atoms with Gasteiger partial charge in [0.1, 0.15) is 17.6 Å². The average Bonchev–Trinajstić information content (AvgIpc) is 3.14. The minimum Gasteiger partial charge on any atom is -0.315 e. The first kappa shape index (κ1) is 17.7. The molecule has 0 radical (unpaired) electrons. The lowest BCUT2D eigenvalue weighted by Gasteiger charge is -2.37. The minimum absolute atomic E-state index is 0.00911. The van der Waals surface area contributed by atoms with Crippen LogP contribution in [0.4, 0.5) is 13.6 Å². The van der Waals surface area contributed by atoms with Crippen LogP contribution in [0.15, 0.2) is 41.3 Å². The molecular formula is C19H14F2N6O. The Bertz CT molecular complexity index is 1040. The van der Waals surface area contributed by atoms with Gasteiger partial charge in [0.2, 0.25) is 5.95 Å². The predicted molar refractivity (Wildman–Crippen MR) is 95.7 cm³/mol. The van der Waals surface area contributed by atoms with Gasteiger partial charge in [-0.25, -0.2) is 19.2 Å². The molecule has 1 atom stereocenters. The van der Waals surface area contributed by atoms with Gasteiger partial charge in [0, 0.05) is 37.5 Å². The van der Waals surface area contributed by atoms with E-state index in [9.17, 15) is 13.6 Å². The lowest BCUT2D eigenvalue weighted by atomic mass is 10.0. The fourth-order valence-corrected chi connectivity index (χ4v) is 3.14. The van der Waals surface area contributed by atoms with E-state index in [1.54, 1.807) is 23.3 Å². The van der Waals surface area contributed by atoms with E-state index in [1.165, 1.54) is 29.4 Å². The standard InChI is InChI=1S/C19H14F2N6O/c20-15-6-14(8-23-9-15)17-3-4-24-27(17)19(28)26-10-12(11-26)5-13-1-2-16(7-22)25-18(13)21/h1-2,4-6,8-9,17H,3,10-11H2. The minimum atomic E-state index is -0.723. The second-order valence-electron chi connectivity index (χ2n) is 6.46. The third kappa shape index (κ3) is 3.32. The molecule has 0 aliphatic carbocycles. The Morgan fingerprint density at radius 2 is 2.11 bits per heavy atom. The van der Waals surface area contributed by atoms with Crippen LogP contribution in [0, 0.1) is 23.1 Å². The Morgan fingerprint density at radius 3 is 2.82 bits per heavy atom. The number of hydrogen-bond donors (Lipinski definition) is 0. The highest BCUT2D eigenvalue weighted by Crippen LogP contribution is 2.31.